The van der Waals surface area contributed by atoms with Gasteiger partial charge in [0.1, 0.15) is 5.78 Å². The number of hydrogen-bond donors (Lipinski definition) is 0. The van der Waals surface area contributed by atoms with Crippen LogP contribution in [-0.2, 0) is 9.53 Å². The number of ether oxygens (including phenoxy) is 1. The van der Waals surface area contributed by atoms with Gasteiger partial charge in [0.15, 0.2) is 0 Å². The van der Waals surface area contributed by atoms with Crippen molar-refractivity contribution in [2.45, 2.75) is 44.1 Å². The predicted molar refractivity (Wildman–Crippen MR) is 63.3 cm³/mol. The molecule has 86 valence electrons. The predicted octanol–water partition coefficient (Wildman–Crippen LogP) is 2.66. The van der Waals surface area contributed by atoms with Crippen molar-refractivity contribution in [1.82, 2.24) is 0 Å². The number of ketones is 1. The fourth-order valence-electron chi connectivity index (χ4n) is 2.93. The Hall–Kier alpha value is -0.0200. The first-order chi connectivity index (χ1) is 7.26. The molecule has 1 spiro atoms. The highest BCUT2D eigenvalue weighted by atomic mass is 32.2. The molecule has 15 heavy (non-hydrogen) atoms. The van der Waals surface area contributed by atoms with E-state index < -0.39 is 0 Å². The molecule has 1 aliphatic heterocycles. The molecule has 2 rings (SSSR count). The van der Waals surface area contributed by atoms with Crippen LogP contribution in [0.1, 0.15) is 38.5 Å². The first-order valence-corrected chi connectivity index (χ1v) is 7.31. The van der Waals surface area contributed by atoms with Gasteiger partial charge in [-0.1, -0.05) is 12.8 Å². The van der Waals surface area contributed by atoms with Crippen LogP contribution in [0, 0.1) is 5.92 Å². The number of carbonyl (C=O) groups excluding carboxylic acids is 1. The quantitative estimate of drug-likeness (QED) is 0.743. The third-order valence-corrected chi connectivity index (χ3v) is 4.32. The Kier molecular flexibility index (Phi) is 3.73. The summed E-state index contributed by atoms with van der Waals surface area (Å²) in [7, 11) is 0. The second kappa shape index (κ2) is 4.88. The van der Waals surface area contributed by atoms with Crippen LogP contribution < -0.4 is 0 Å². The minimum Gasteiger partial charge on any atom is -0.375 e. The van der Waals surface area contributed by atoms with E-state index in [1.165, 1.54) is 25.7 Å². The van der Waals surface area contributed by atoms with E-state index in [0.717, 1.165) is 19.4 Å². The van der Waals surface area contributed by atoms with Gasteiger partial charge in [-0.2, -0.15) is 11.8 Å². The highest BCUT2D eigenvalue weighted by Gasteiger charge is 2.41. The molecular formula is C12H20O2S. The number of Topliss-reactive ketones (excluding diaryl/α,β-unsaturated/α-hetero) is 1. The molecule has 1 unspecified atom stereocenters. The lowest BCUT2D eigenvalue weighted by Gasteiger charge is -2.37. The van der Waals surface area contributed by atoms with Gasteiger partial charge in [0.05, 0.1) is 11.4 Å². The minimum atomic E-state index is 0.0942. The van der Waals surface area contributed by atoms with Crippen molar-refractivity contribution in [1.29, 1.82) is 0 Å². The van der Waals surface area contributed by atoms with Crippen LogP contribution in [-0.4, -0.2) is 30.0 Å². The van der Waals surface area contributed by atoms with Gasteiger partial charge in [-0.15, -0.1) is 0 Å². The maximum absolute atomic E-state index is 11.9. The van der Waals surface area contributed by atoms with E-state index in [0.29, 0.717) is 11.5 Å². The van der Waals surface area contributed by atoms with Gasteiger partial charge in [-0.25, -0.2) is 0 Å². The van der Waals surface area contributed by atoms with Gasteiger partial charge in [0.2, 0.25) is 0 Å². The van der Waals surface area contributed by atoms with E-state index in [4.69, 9.17) is 4.74 Å². The summed E-state index contributed by atoms with van der Waals surface area (Å²) in [5, 5.41) is 0. The summed E-state index contributed by atoms with van der Waals surface area (Å²) < 4.78 is 5.93. The molecule has 1 aliphatic carbocycles. The Morgan fingerprint density at radius 3 is 2.87 bits per heavy atom. The van der Waals surface area contributed by atoms with Gasteiger partial charge >= 0.3 is 0 Å². The smallest absolute Gasteiger partial charge is 0.145 e. The highest BCUT2D eigenvalue weighted by Crippen LogP contribution is 2.42. The summed E-state index contributed by atoms with van der Waals surface area (Å²) in [5.74, 6) is 1.40. The molecule has 1 saturated heterocycles. The molecule has 0 aromatic rings. The fourth-order valence-corrected chi connectivity index (χ4v) is 3.45. The van der Waals surface area contributed by atoms with E-state index in [-0.39, 0.29) is 11.5 Å². The second-order valence-corrected chi connectivity index (χ2v) is 5.69. The Labute approximate surface area is 96.1 Å². The largest absolute Gasteiger partial charge is 0.375 e. The van der Waals surface area contributed by atoms with Crippen molar-refractivity contribution in [2.24, 2.45) is 5.92 Å². The number of hydrogen-bond acceptors (Lipinski definition) is 3. The van der Waals surface area contributed by atoms with Crippen LogP contribution >= 0.6 is 11.8 Å². The Bertz CT molecular complexity index is 234. The van der Waals surface area contributed by atoms with E-state index >= 15 is 0 Å². The molecular weight excluding hydrogens is 208 g/mol. The van der Waals surface area contributed by atoms with Gasteiger partial charge in [0, 0.05) is 12.5 Å². The third-order valence-electron chi connectivity index (χ3n) is 3.75. The molecule has 1 atom stereocenters. The summed E-state index contributed by atoms with van der Waals surface area (Å²) in [4.78, 5) is 11.9. The summed E-state index contributed by atoms with van der Waals surface area (Å²) in [5.41, 5.74) is 0.0942. The van der Waals surface area contributed by atoms with Gasteiger partial charge in [-0.05, 0) is 31.9 Å². The molecule has 2 aliphatic rings. The maximum atomic E-state index is 11.9. The zero-order chi connectivity index (χ0) is 10.7. The van der Waals surface area contributed by atoms with E-state index in [1.807, 2.05) is 6.26 Å². The Morgan fingerprint density at radius 2 is 2.20 bits per heavy atom. The lowest BCUT2D eigenvalue weighted by Crippen LogP contribution is -2.40. The SMILES string of the molecule is CSCC(=O)C1CCOC2(CCCC2)C1. The topological polar surface area (TPSA) is 26.3 Å². The first kappa shape index (κ1) is 11.5. The molecule has 0 N–H and O–H groups in total. The van der Waals surface area contributed by atoms with Crippen molar-refractivity contribution in [3.63, 3.8) is 0 Å². The highest BCUT2D eigenvalue weighted by molar-refractivity contribution is 7.99. The molecule has 0 aromatic heterocycles. The van der Waals surface area contributed by atoms with Crippen molar-refractivity contribution >= 4 is 17.5 Å². The number of rotatable bonds is 3. The van der Waals surface area contributed by atoms with Gasteiger partial charge in [-0.3, -0.25) is 4.79 Å². The molecule has 0 amide bonds. The zero-order valence-electron chi connectivity index (χ0n) is 9.46. The minimum absolute atomic E-state index is 0.0942. The van der Waals surface area contributed by atoms with Crippen molar-refractivity contribution in [2.75, 3.05) is 18.6 Å². The van der Waals surface area contributed by atoms with Crippen molar-refractivity contribution in [3.05, 3.63) is 0 Å². The zero-order valence-corrected chi connectivity index (χ0v) is 10.3. The maximum Gasteiger partial charge on any atom is 0.145 e. The lowest BCUT2D eigenvalue weighted by atomic mass is 9.83. The molecule has 0 bridgehead atoms. The standard InChI is InChI=1S/C12H20O2S/c1-15-9-11(13)10-4-7-14-12(8-10)5-2-3-6-12/h10H,2-9H2,1H3. The summed E-state index contributed by atoms with van der Waals surface area (Å²) >= 11 is 1.64. The number of thioether (sulfide) groups is 1. The lowest BCUT2D eigenvalue weighted by molar-refractivity contribution is -0.134. The van der Waals surface area contributed by atoms with Crippen molar-refractivity contribution < 1.29 is 9.53 Å². The molecule has 2 fully saturated rings. The molecule has 1 heterocycles. The van der Waals surface area contributed by atoms with Gasteiger partial charge < -0.3 is 4.74 Å². The molecule has 3 heteroatoms. The van der Waals surface area contributed by atoms with Crippen LogP contribution in [0.25, 0.3) is 0 Å². The van der Waals surface area contributed by atoms with Crippen LogP contribution in [0.3, 0.4) is 0 Å². The molecule has 0 radical (unpaired) electrons. The molecule has 2 nitrogen and oxygen atoms in total. The second-order valence-electron chi connectivity index (χ2n) is 4.83. The Morgan fingerprint density at radius 1 is 1.47 bits per heavy atom. The van der Waals surface area contributed by atoms with Crippen LogP contribution in [0.4, 0.5) is 0 Å². The van der Waals surface area contributed by atoms with Crippen LogP contribution in [0.15, 0.2) is 0 Å². The van der Waals surface area contributed by atoms with Crippen LogP contribution in [0.2, 0.25) is 0 Å². The first-order valence-electron chi connectivity index (χ1n) is 5.91. The van der Waals surface area contributed by atoms with Gasteiger partial charge in [0.25, 0.3) is 0 Å². The Balaban J connectivity index is 1.94. The average molecular weight is 228 g/mol. The summed E-state index contributed by atoms with van der Waals surface area (Å²) in [6.45, 7) is 0.796. The monoisotopic (exact) mass is 228 g/mol. The summed E-state index contributed by atoms with van der Waals surface area (Å²) in [6.07, 6.45) is 8.86. The van der Waals surface area contributed by atoms with Crippen molar-refractivity contribution in [3.8, 4) is 0 Å². The fraction of sp³-hybridized carbons (Fsp3) is 0.917. The molecule has 1 saturated carbocycles. The normalized spacial score (nSPS) is 29.5. The van der Waals surface area contributed by atoms with E-state index in [9.17, 15) is 4.79 Å². The van der Waals surface area contributed by atoms with E-state index in [2.05, 4.69) is 0 Å². The van der Waals surface area contributed by atoms with Crippen LogP contribution in [0.5, 0.6) is 0 Å². The molecule has 0 aromatic carbocycles. The average Bonchev–Trinajstić information content (AvgIpc) is 2.67. The number of carbonyl (C=O) groups is 1. The third kappa shape index (κ3) is 2.56. The summed E-state index contributed by atoms with van der Waals surface area (Å²) in [6, 6.07) is 0. The van der Waals surface area contributed by atoms with E-state index in [1.54, 1.807) is 11.8 Å².